The van der Waals surface area contributed by atoms with E-state index in [2.05, 4.69) is 19.9 Å². The zero-order chi connectivity index (χ0) is 15.7. The summed E-state index contributed by atoms with van der Waals surface area (Å²) in [6, 6.07) is 4.77. The molecule has 6 nitrogen and oxygen atoms in total. The zero-order valence-corrected chi connectivity index (χ0v) is 12.6. The van der Waals surface area contributed by atoms with Gasteiger partial charge in [0.25, 0.3) is 5.56 Å². The number of H-pyrrole nitrogens is 1. The monoisotopic (exact) mass is 337 g/mol. The summed E-state index contributed by atoms with van der Waals surface area (Å²) in [6.45, 7) is 0. The number of aromatic nitrogens is 4. The molecule has 0 unspecified atom stereocenters. The number of thioether (sulfide) groups is 1. The first-order valence-corrected chi connectivity index (χ1v) is 7.49. The summed E-state index contributed by atoms with van der Waals surface area (Å²) < 4.78 is 13.8. The Balaban J connectivity index is 1.91. The van der Waals surface area contributed by atoms with Crippen LogP contribution in [0, 0.1) is 5.82 Å². The van der Waals surface area contributed by atoms with Gasteiger partial charge in [0.2, 0.25) is 0 Å². The number of anilines is 1. The number of hydrogen-bond donors (Lipinski definition) is 2. The summed E-state index contributed by atoms with van der Waals surface area (Å²) in [6.07, 6.45) is 1.11. The Hall–Kier alpha value is -2.19. The number of aromatic amines is 1. The third-order valence-corrected chi connectivity index (χ3v) is 4.02. The van der Waals surface area contributed by atoms with Crippen molar-refractivity contribution in [2.75, 3.05) is 5.73 Å². The van der Waals surface area contributed by atoms with Gasteiger partial charge >= 0.3 is 0 Å². The summed E-state index contributed by atoms with van der Waals surface area (Å²) in [5.41, 5.74) is 6.39. The van der Waals surface area contributed by atoms with E-state index >= 15 is 0 Å². The molecule has 3 N–H and O–H groups in total. The van der Waals surface area contributed by atoms with Crippen molar-refractivity contribution in [3.05, 3.63) is 51.2 Å². The van der Waals surface area contributed by atoms with E-state index in [0.717, 1.165) is 6.20 Å². The summed E-state index contributed by atoms with van der Waals surface area (Å²) in [7, 11) is 0. The number of rotatable bonds is 3. The molecule has 0 saturated carbocycles. The van der Waals surface area contributed by atoms with Crippen LogP contribution in [-0.2, 0) is 5.75 Å². The Kier molecular flexibility index (Phi) is 3.95. The highest BCUT2D eigenvalue weighted by Crippen LogP contribution is 2.26. The van der Waals surface area contributed by atoms with Gasteiger partial charge < -0.3 is 10.7 Å². The second-order valence-corrected chi connectivity index (χ2v) is 5.69. The first-order valence-electron chi connectivity index (χ1n) is 6.13. The van der Waals surface area contributed by atoms with E-state index in [0.29, 0.717) is 16.2 Å². The molecular formula is C13H9ClFN5OS. The lowest BCUT2D eigenvalue weighted by Gasteiger charge is -2.05. The molecule has 0 spiro atoms. The van der Waals surface area contributed by atoms with Gasteiger partial charge in [-0.05, 0) is 11.6 Å². The average molecular weight is 338 g/mol. The lowest BCUT2D eigenvalue weighted by molar-refractivity contribution is 0.617. The van der Waals surface area contributed by atoms with Crippen molar-refractivity contribution < 1.29 is 4.39 Å². The van der Waals surface area contributed by atoms with E-state index in [4.69, 9.17) is 17.3 Å². The number of nitrogens with one attached hydrogen (secondary N) is 1. The molecule has 0 amide bonds. The molecule has 22 heavy (non-hydrogen) atoms. The van der Waals surface area contributed by atoms with Crippen LogP contribution < -0.4 is 11.3 Å². The third-order valence-electron chi connectivity index (χ3n) is 2.83. The summed E-state index contributed by atoms with van der Waals surface area (Å²) >= 11 is 6.91. The number of fused-ring (bicyclic) bond motifs is 1. The summed E-state index contributed by atoms with van der Waals surface area (Å²) in [5, 5.41) is 0.374. The SMILES string of the molecule is Nc1nc(SCc2cccc(Cl)c2F)nc2[nH]c(=O)cnc12. The van der Waals surface area contributed by atoms with Crippen molar-refractivity contribution in [2.45, 2.75) is 10.9 Å². The molecule has 1 aromatic carbocycles. The highest BCUT2D eigenvalue weighted by molar-refractivity contribution is 7.98. The van der Waals surface area contributed by atoms with E-state index in [-0.39, 0.29) is 27.8 Å². The molecule has 3 rings (SSSR count). The van der Waals surface area contributed by atoms with Crippen LogP contribution in [0.4, 0.5) is 10.2 Å². The zero-order valence-electron chi connectivity index (χ0n) is 11.0. The van der Waals surface area contributed by atoms with Gasteiger partial charge in [-0.1, -0.05) is 35.5 Å². The summed E-state index contributed by atoms with van der Waals surface area (Å²) in [4.78, 5) is 25.9. The smallest absolute Gasteiger partial charge is 0.268 e. The Bertz CT molecular complexity index is 917. The van der Waals surface area contributed by atoms with Crippen molar-refractivity contribution in [1.82, 2.24) is 19.9 Å². The molecule has 9 heteroatoms. The molecule has 0 aliphatic rings. The third kappa shape index (κ3) is 2.88. The number of nitrogen functional groups attached to an aromatic ring is 1. The molecular weight excluding hydrogens is 329 g/mol. The molecule has 112 valence electrons. The van der Waals surface area contributed by atoms with Crippen molar-refractivity contribution in [2.24, 2.45) is 0 Å². The number of halogens is 2. The predicted octanol–water partition coefficient (Wildman–Crippen LogP) is 2.38. The van der Waals surface area contributed by atoms with Crippen LogP contribution >= 0.6 is 23.4 Å². The normalized spacial score (nSPS) is 11.0. The van der Waals surface area contributed by atoms with Crippen LogP contribution in [0.25, 0.3) is 11.2 Å². The maximum atomic E-state index is 13.8. The quantitative estimate of drug-likeness (QED) is 0.562. The molecule has 0 saturated heterocycles. The molecule has 0 radical (unpaired) electrons. The van der Waals surface area contributed by atoms with Crippen LogP contribution in [0.2, 0.25) is 5.02 Å². The number of nitrogens with zero attached hydrogens (tertiary/aromatic N) is 3. The van der Waals surface area contributed by atoms with Gasteiger partial charge in [0.15, 0.2) is 16.6 Å². The Morgan fingerprint density at radius 3 is 3.00 bits per heavy atom. The summed E-state index contributed by atoms with van der Waals surface area (Å²) in [5.74, 6) is -0.0437. The molecule has 2 aromatic heterocycles. The highest BCUT2D eigenvalue weighted by atomic mass is 35.5. The molecule has 0 aliphatic heterocycles. The minimum Gasteiger partial charge on any atom is -0.382 e. The fourth-order valence-electron chi connectivity index (χ4n) is 1.80. The van der Waals surface area contributed by atoms with Gasteiger partial charge in [0.05, 0.1) is 11.2 Å². The van der Waals surface area contributed by atoms with Crippen molar-refractivity contribution in [3.63, 3.8) is 0 Å². The van der Waals surface area contributed by atoms with Crippen LogP contribution in [0.3, 0.4) is 0 Å². The molecule has 0 fully saturated rings. The van der Waals surface area contributed by atoms with Crippen molar-refractivity contribution in [3.8, 4) is 0 Å². The van der Waals surface area contributed by atoms with E-state index < -0.39 is 5.82 Å². The molecule has 3 aromatic rings. The second kappa shape index (κ2) is 5.90. The average Bonchev–Trinajstić information content (AvgIpc) is 2.48. The second-order valence-electron chi connectivity index (χ2n) is 4.34. The van der Waals surface area contributed by atoms with E-state index in [1.807, 2.05) is 0 Å². The first-order chi connectivity index (χ1) is 10.5. The number of hydrogen-bond acceptors (Lipinski definition) is 6. The van der Waals surface area contributed by atoms with Crippen LogP contribution in [0.1, 0.15) is 5.56 Å². The van der Waals surface area contributed by atoms with E-state index in [1.165, 1.54) is 17.8 Å². The lowest BCUT2D eigenvalue weighted by Crippen LogP contribution is -2.09. The van der Waals surface area contributed by atoms with Gasteiger partial charge in [0, 0.05) is 5.75 Å². The van der Waals surface area contributed by atoms with E-state index in [9.17, 15) is 9.18 Å². The first kappa shape index (κ1) is 14.7. The maximum Gasteiger partial charge on any atom is 0.268 e. The maximum absolute atomic E-state index is 13.8. The fraction of sp³-hybridized carbons (Fsp3) is 0.0769. The van der Waals surface area contributed by atoms with Crippen molar-refractivity contribution in [1.29, 1.82) is 0 Å². The lowest BCUT2D eigenvalue weighted by atomic mass is 10.2. The fourth-order valence-corrected chi connectivity index (χ4v) is 2.82. The molecule has 0 bridgehead atoms. The van der Waals surface area contributed by atoms with Crippen LogP contribution in [-0.4, -0.2) is 19.9 Å². The van der Waals surface area contributed by atoms with Crippen LogP contribution in [0.15, 0.2) is 34.3 Å². The van der Waals surface area contributed by atoms with Gasteiger partial charge in [-0.2, -0.15) is 0 Å². The van der Waals surface area contributed by atoms with Crippen LogP contribution in [0.5, 0.6) is 0 Å². The molecule has 2 heterocycles. The topological polar surface area (TPSA) is 97.5 Å². The molecule has 0 atom stereocenters. The van der Waals surface area contributed by atoms with Gasteiger partial charge in [-0.25, -0.2) is 19.3 Å². The Morgan fingerprint density at radius 1 is 1.36 bits per heavy atom. The van der Waals surface area contributed by atoms with Gasteiger partial charge in [-0.3, -0.25) is 4.79 Å². The Morgan fingerprint density at radius 2 is 2.18 bits per heavy atom. The van der Waals surface area contributed by atoms with Gasteiger partial charge in [-0.15, -0.1) is 0 Å². The Labute approximate surface area is 133 Å². The minimum absolute atomic E-state index is 0.0607. The van der Waals surface area contributed by atoms with Crippen molar-refractivity contribution >= 4 is 40.3 Å². The van der Waals surface area contributed by atoms with Gasteiger partial charge in [0.1, 0.15) is 11.3 Å². The number of benzene rings is 1. The largest absolute Gasteiger partial charge is 0.382 e. The highest BCUT2D eigenvalue weighted by Gasteiger charge is 2.11. The standard InChI is InChI=1S/C13H9ClFN5OS/c14-7-3-1-2-6(9(7)15)5-22-13-19-11(16)10-12(20-13)18-8(21)4-17-10/h1-4H,5H2,(H3,16,18,19,20,21). The predicted molar refractivity (Wildman–Crippen MR) is 83.3 cm³/mol. The number of nitrogens with two attached hydrogens (primary N) is 1. The molecule has 0 aliphatic carbocycles. The van der Waals surface area contributed by atoms with E-state index in [1.54, 1.807) is 12.1 Å². The minimum atomic E-state index is -0.472.